The van der Waals surface area contributed by atoms with Gasteiger partial charge >= 0.3 is 0 Å². The van der Waals surface area contributed by atoms with Gasteiger partial charge in [0, 0.05) is 18.5 Å². The summed E-state index contributed by atoms with van der Waals surface area (Å²) in [6.07, 6.45) is 1.06. The summed E-state index contributed by atoms with van der Waals surface area (Å²) in [5.74, 6) is 0.687. The number of ether oxygens (including phenoxy) is 1. The second-order valence-electron chi connectivity index (χ2n) is 4.31. The molecule has 0 saturated heterocycles. The predicted octanol–water partition coefficient (Wildman–Crippen LogP) is 2.82. The fraction of sp³-hybridized carbons (Fsp3) is 0.750. The van der Waals surface area contributed by atoms with Crippen LogP contribution in [-0.2, 0) is 17.9 Å². The molecule has 1 aromatic rings. The van der Waals surface area contributed by atoms with E-state index in [4.69, 9.17) is 4.74 Å². The van der Waals surface area contributed by atoms with Crippen LogP contribution in [0.2, 0.25) is 0 Å². The van der Waals surface area contributed by atoms with Crippen molar-refractivity contribution in [3.63, 3.8) is 0 Å². The second kappa shape index (κ2) is 7.76. The highest BCUT2D eigenvalue weighted by molar-refractivity contribution is 7.09. The van der Waals surface area contributed by atoms with E-state index in [1.54, 1.807) is 11.3 Å². The van der Waals surface area contributed by atoms with Gasteiger partial charge in [0.25, 0.3) is 0 Å². The fourth-order valence-electron chi connectivity index (χ4n) is 1.29. The minimum atomic E-state index is 0.647. The van der Waals surface area contributed by atoms with Gasteiger partial charge in [0.15, 0.2) is 0 Å². The molecule has 0 spiro atoms. The standard InChI is InChI=1S/C12H22N2OS/c1-4-5-15-8-11-9-16-12(14-11)7-13-6-10(2)3/h9-10,13H,4-8H2,1-3H3. The van der Waals surface area contributed by atoms with E-state index in [-0.39, 0.29) is 0 Å². The van der Waals surface area contributed by atoms with E-state index < -0.39 is 0 Å². The van der Waals surface area contributed by atoms with Crippen LogP contribution in [0.15, 0.2) is 5.38 Å². The maximum Gasteiger partial charge on any atom is 0.107 e. The molecular weight excluding hydrogens is 220 g/mol. The number of nitrogens with one attached hydrogen (secondary N) is 1. The lowest BCUT2D eigenvalue weighted by Crippen LogP contribution is -2.18. The Labute approximate surface area is 102 Å². The van der Waals surface area contributed by atoms with Crippen LogP contribution in [0.5, 0.6) is 0 Å². The van der Waals surface area contributed by atoms with Crippen molar-refractivity contribution in [1.82, 2.24) is 10.3 Å². The average Bonchev–Trinajstić information content (AvgIpc) is 2.66. The van der Waals surface area contributed by atoms with Crippen LogP contribution in [-0.4, -0.2) is 18.1 Å². The molecular formula is C12H22N2OS. The van der Waals surface area contributed by atoms with Crippen LogP contribution in [0.3, 0.4) is 0 Å². The minimum Gasteiger partial charge on any atom is -0.375 e. The molecule has 3 nitrogen and oxygen atoms in total. The van der Waals surface area contributed by atoms with E-state index in [0.29, 0.717) is 12.5 Å². The molecule has 0 aliphatic rings. The Morgan fingerprint density at radius 3 is 3.00 bits per heavy atom. The molecule has 1 aromatic heterocycles. The highest BCUT2D eigenvalue weighted by Gasteiger charge is 2.02. The summed E-state index contributed by atoms with van der Waals surface area (Å²) in [6, 6.07) is 0. The van der Waals surface area contributed by atoms with Crippen molar-refractivity contribution in [3.05, 3.63) is 16.1 Å². The lowest BCUT2D eigenvalue weighted by Gasteiger charge is -2.04. The Kier molecular flexibility index (Phi) is 6.61. The zero-order valence-corrected chi connectivity index (χ0v) is 11.3. The number of thiazole rings is 1. The molecule has 0 aliphatic carbocycles. The van der Waals surface area contributed by atoms with Crippen molar-refractivity contribution in [2.45, 2.75) is 40.3 Å². The highest BCUT2D eigenvalue weighted by atomic mass is 32.1. The summed E-state index contributed by atoms with van der Waals surface area (Å²) in [5.41, 5.74) is 1.06. The van der Waals surface area contributed by atoms with E-state index in [0.717, 1.165) is 36.8 Å². The van der Waals surface area contributed by atoms with Crippen molar-refractivity contribution < 1.29 is 4.74 Å². The van der Waals surface area contributed by atoms with Gasteiger partial charge in [-0.05, 0) is 18.9 Å². The van der Waals surface area contributed by atoms with Crippen LogP contribution in [0.1, 0.15) is 37.9 Å². The maximum atomic E-state index is 5.45. The SMILES string of the molecule is CCCOCc1csc(CNCC(C)C)n1. The molecule has 1 heterocycles. The Balaban J connectivity index is 2.22. The van der Waals surface area contributed by atoms with Gasteiger partial charge in [0.1, 0.15) is 5.01 Å². The van der Waals surface area contributed by atoms with Crippen LogP contribution < -0.4 is 5.32 Å². The smallest absolute Gasteiger partial charge is 0.107 e. The topological polar surface area (TPSA) is 34.1 Å². The van der Waals surface area contributed by atoms with E-state index in [1.807, 2.05) is 0 Å². The Bertz CT molecular complexity index is 286. The third-order valence-electron chi connectivity index (χ3n) is 2.03. The lowest BCUT2D eigenvalue weighted by molar-refractivity contribution is 0.119. The van der Waals surface area contributed by atoms with Crippen molar-refractivity contribution in [2.75, 3.05) is 13.2 Å². The van der Waals surface area contributed by atoms with Gasteiger partial charge in [-0.2, -0.15) is 0 Å². The minimum absolute atomic E-state index is 0.647. The third kappa shape index (κ3) is 5.58. The van der Waals surface area contributed by atoms with Crippen LogP contribution in [0.4, 0.5) is 0 Å². The molecule has 0 atom stereocenters. The molecule has 0 aromatic carbocycles. The normalized spacial score (nSPS) is 11.2. The quantitative estimate of drug-likeness (QED) is 0.712. The van der Waals surface area contributed by atoms with Crippen molar-refractivity contribution in [3.8, 4) is 0 Å². The molecule has 1 N–H and O–H groups in total. The summed E-state index contributed by atoms with van der Waals surface area (Å²) < 4.78 is 5.45. The van der Waals surface area contributed by atoms with Gasteiger partial charge in [0.2, 0.25) is 0 Å². The van der Waals surface area contributed by atoms with E-state index >= 15 is 0 Å². The van der Waals surface area contributed by atoms with E-state index in [9.17, 15) is 0 Å². The monoisotopic (exact) mass is 242 g/mol. The summed E-state index contributed by atoms with van der Waals surface area (Å²) in [4.78, 5) is 4.51. The van der Waals surface area contributed by atoms with Crippen molar-refractivity contribution >= 4 is 11.3 Å². The maximum absolute atomic E-state index is 5.45. The number of hydrogen-bond acceptors (Lipinski definition) is 4. The molecule has 0 fully saturated rings. The molecule has 4 heteroatoms. The van der Waals surface area contributed by atoms with Crippen LogP contribution in [0.25, 0.3) is 0 Å². The number of nitrogens with zero attached hydrogens (tertiary/aromatic N) is 1. The first-order chi connectivity index (χ1) is 7.72. The zero-order valence-electron chi connectivity index (χ0n) is 10.5. The van der Waals surface area contributed by atoms with E-state index in [1.165, 1.54) is 0 Å². The van der Waals surface area contributed by atoms with Gasteiger partial charge in [-0.1, -0.05) is 20.8 Å². The second-order valence-corrected chi connectivity index (χ2v) is 5.25. The molecule has 0 amide bonds. The van der Waals surface area contributed by atoms with E-state index in [2.05, 4.69) is 36.5 Å². The van der Waals surface area contributed by atoms with Crippen LogP contribution >= 0.6 is 11.3 Å². The summed E-state index contributed by atoms with van der Waals surface area (Å²) in [7, 11) is 0. The number of aromatic nitrogens is 1. The molecule has 92 valence electrons. The first kappa shape index (κ1) is 13.6. The number of rotatable bonds is 8. The van der Waals surface area contributed by atoms with Crippen molar-refractivity contribution in [2.24, 2.45) is 5.92 Å². The largest absolute Gasteiger partial charge is 0.375 e. The molecule has 0 bridgehead atoms. The molecule has 1 rings (SSSR count). The van der Waals surface area contributed by atoms with Gasteiger partial charge in [-0.3, -0.25) is 0 Å². The molecule has 0 aliphatic heterocycles. The first-order valence-electron chi connectivity index (χ1n) is 5.94. The Morgan fingerprint density at radius 1 is 1.50 bits per heavy atom. The van der Waals surface area contributed by atoms with Gasteiger partial charge in [-0.15, -0.1) is 11.3 Å². The van der Waals surface area contributed by atoms with Crippen LogP contribution in [0, 0.1) is 5.92 Å². The average molecular weight is 242 g/mol. The summed E-state index contributed by atoms with van der Waals surface area (Å²) >= 11 is 1.71. The highest BCUT2D eigenvalue weighted by Crippen LogP contribution is 2.10. The molecule has 16 heavy (non-hydrogen) atoms. The Hall–Kier alpha value is -0.450. The van der Waals surface area contributed by atoms with Gasteiger partial charge < -0.3 is 10.1 Å². The first-order valence-corrected chi connectivity index (χ1v) is 6.82. The Morgan fingerprint density at radius 2 is 2.31 bits per heavy atom. The zero-order chi connectivity index (χ0) is 11.8. The van der Waals surface area contributed by atoms with Gasteiger partial charge in [0.05, 0.1) is 12.3 Å². The number of hydrogen-bond donors (Lipinski definition) is 1. The fourth-order valence-corrected chi connectivity index (χ4v) is 2.03. The lowest BCUT2D eigenvalue weighted by atomic mass is 10.2. The molecule has 0 saturated carbocycles. The molecule has 0 unspecified atom stereocenters. The summed E-state index contributed by atoms with van der Waals surface area (Å²) in [6.45, 7) is 9.91. The predicted molar refractivity (Wildman–Crippen MR) is 68.6 cm³/mol. The summed E-state index contributed by atoms with van der Waals surface area (Å²) in [5, 5.41) is 6.62. The van der Waals surface area contributed by atoms with Crippen molar-refractivity contribution in [1.29, 1.82) is 0 Å². The van der Waals surface area contributed by atoms with Gasteiger partial charge in [-0.25, -0.2) is 4.98 Å². The molecule has 0 radical (unpaired) electrons. The third-order valence-corrected chi connectivity index (χ3v) is 2.92.